The molecule has 1 aliphatic heterocycles. The lowest BCUT2D eigenvalue weighted by atomic mass is 9.74. The Morgan fingerprint density at radius 2 is 2.05 bits per heavy atom. The van der Waals surface area contributed by atoms with Gasteiger partial charge in [0.2, 0.25) is 0 Å². The number of hydrogen-bond donors (Lipinski definition) is 1. The van der Waals surface area contributed by atoms with Crippen molar-refractivity contribution < 1.29 is 4.74 Å². The highest BCUT2D eigenvalue weighted by atomic mass is 16.5. The first kappa shape index (κ1) is 14.9. The summed E-state index contributed by atoms with van der Waals surface area (Å²) < 4.78 is 5.83. The lowest BCUT2D eigenvalue weighted by Crippen LogP contribution is -2.43. The molecule has 2 nitrogen and oxygen atoms in total. The van der Waals surface area contributed by atoms with E-state index in [1.807, 2.05) is 0 Å². The molecule has 3 rings (SSSR count). The molecule has 0 aromatic heterocycles. The highest BCUT2D eigenvalue weighted by molar-refractivity contribution is 5.37. The maximum Gasteiger partial charge on any atom is 0.122 e. The summed E-state index contributed by atoms with van der Waals surface area (Å²) in [4.78, 5) is 0. The zero-order valence-corrected chi connectivity index (χ0v) is 13.5. The van der Waals surface area contributed by atoms with Crippen LogP contribution in [0.2, 0.25) is 0 Å². The highest BCUT2D eigenvalue weighted by Crippen LogP contribution is 2.45. The molecule has 1 fully saturated rings. The van der Waals surface area contributed by atoms with Crippen molar-refractivity contribution in [3.05, 3.63) is 29.8 Å². The average Bonchev–Trinajstić information content (AvgIpc) is 2.95. The maximum absolute atomic E-state index is 5.83. The molecule has 2 unspecified atom stereocenters. The Labute approximate surface area is 129 Å². The lowest BCUT2D eigenvalue weighted by Gasteiger charge is -2.38. The van der Waals surface area contributed by atoms with Crippen LogP contribution in [0.3, 0.4) is 0 Å². The van der Waals surface area contributed by atoms with Gasteiger partial charge >= 0.3 is 0 Å². The van der Waals surface area contributed by atoms with Crippen molar-refractivity contribution in [1.82, 2.24) is 5.32 Å². The molecule has 0 amide bonds. The molecule has 0 radical (unpaired) electrons. The summed E-state index contributed by atoms with van der Waals surface area (Å²) in [6.07, 6.45) is 8.00. The van der Waals surface area contributed by atoms with Crippen molar-refractivity contribution in [2.45, 2.75) is 64.3 Å². The fraction of sp³-hybridized carbons (Fsp3) is 0.684. The first-order chi connectivity index (χ1) is 10.2. The van der Waals surface area contributed by atoms with E-state index in [0.29, 0.717) is 17.4 Å². The van der Waals surface area contributed by atoms with Gasteiger partial charge in [-0.15, -0.1) is 0 Å². The largest absolute Gasteiger partial charge is 0.493 e. The van der Waals surface area contributed by atoms with Crippen LogP contribution < -0.4 is 10.1 Å². The van der Waals surface area contributed by atoms with Crippen molar-refractivity contribution in [3.63, 3.8) is 0 Å². The normalized spacial score (nSPS) is 25.1. The van der Waals surface area contributed by atoms with E-state index in [2.05, 4.69) is 43.4 Å². The van der Waals surface area contributed by atoms with E-state index in [-0.39, 0.29) is 0 Å². The molecule has 1 aromatic carbocycles. The zero-order valence-electron chi connectivity index (χ0n) is 13.5. The maximum atomic E-state index is 5.83. The van der Waals surface area contributed by atoms with E-state index in [1.54, 1.807) is 0 Å². The van der Waals surface area contributed by atoms with Gasteiger partial charge in [0.05, 0.1) is 6.61 Å². The van der Waals surface area contributed by atoms with Crippen molar-refractivity contribution in [3.8, 4) is 5.75 Å². The fourth-order valence-corrected chi connectivity index (χ4v) is 4.34. The minimum absolute atomic E-state index is 0.489. The van der Waals surface area contributed by atoms with Crippen molar-refractivity contribution in [2.24, 2.45) is 5.41 Å². The SMILES string of the molecule is CCNC(CC1CCOc2ccccc21)C1(C)CCCC1. The summed E-state index contributed by atoms with van der Waals surface area (Å²) in [6, 6.07) is 9.27. The molecule has 0 spiro atoms. The van der Waals surface area contributed by atoms with Gasteiger partial charge in [-0.05, 0) is 55.2 Å². The molecule has 116 valence electrons. The standard InChI is InChI=1S/C19H29NO/c1-3-20-18(19(2)11-6-7-12-19)14-15-10-13-21-17-9-5-4-8-16(15)17/h4-5,8-9,15,18,20H,3,6-7,10-14H2,1-2H3. The Kier molecular flexibility index (Phi) is 4.54. The quantitative estimate of drug-likeness (QED) is 0.861. The summed E-state index contributed by atoms with van der Waals surface area (Å²) in [5.41, 5.74) is 1.91. The number of rotatable bonds is 5. The minimum Gasteiger partial charge on any atom is -0.493 e. The summed E-state index contributed by atoms with van der Waals surface area (Å²) >= 11 is 0. The van der Waals surface area contributed by atoms with E-state index in [9.17, 15) is 0 Å². The molecule has 1 N–H and O–H groups in total. The van der Waals surface area contributed by atoms with Crippen molar-refractivity contribution in [1.29, 1.82) is 0 Å². The zero-order chi connectivity index (χ0) is 14.7. The Bertz CT molecular complexity index is 464. The molecule has 0 bridgehead atoms. The number of ether oxygens (including phenoxy) is 1. The van der Waals surface area contributed by atoms with Crippen LogP contribution in [0.5, 0.6) is 5.75 Å². The van der Waals surface area contributed by atoms with Crippen LogP contribution in [0.15, 0.2) is 24.3 Å². The van der Waals surface area contributed by atoms with E-state index in [4.69, 9.17) is 4.74 Å². The van der Waals surface area contributed by atoms with Crippen LogP contribution in [0.4, 0.5) is 0 Å². The minimum atomic E-state index is 0.489. The number of hydrogen-bond acceptors (Lipinski definition) is 2. The third-order valence-corrected chi connectivity index (χ3v) is 5.64. The summed E-state index contributed by atoms with van der Waals surface area (Å²) in [5, 5.41) is 3.80. The fourth-order valence-electron chi connectivity index (χ4n) is 4.34. The van der Waals surface area contributed by atoms with Crippen LogP contribution in [-0.4, -0.2) is 19.2 Å². The molecule has 2 heteroatoms. The van der Waals surface area contributed by atoms with Gasteiger partial charge in [0, 0.05) is 6.04 Å². The predicted octanol–water partition coefficient (Wildman–Crippen LogP) is 4.50. The molecular formula is C19H29NO. The molecule has 1 aromatic rings. The second kappa shape index (κ2) is 6.39. The number of nitrogens with one attached hydrogen (secondary N) is 1. The topological polar surface area (TPSA) is 21.3 Å². The monoisotopic (exact) mass is 287 g/mol. The number of para-hydroxylation sites is 1. The first-order valence-electron chi connectivity index (χ1n) is 8.68. The summed E-state index contributed by atoms with van der Waals surface area (Å²) in [5.74, 6) is 1.76. The van der Waals surface area contributed by atoms with Gasteiger partial charge < -0.3 is 10.1 Å². The van der Waals surface area contributed by atoms with E-state index in [0.717, 1.165) is 25.3 Å². The smallest absolute Gasteiger partial charge is 0.122 e. The molecular weight excluding hydrogens is 258 g/mol. The second-order valence-corrected chi connectivity index (χ2v) is 7.08. The third-order valence-electron chi connectivity index (χ3n) is 5.64. The van der Waals surface area contributed by atoms with Gasteiger partial charge in [0.25, 0.3) is 0 Å². The van der Waals surface area contributed by atoms with Crippen LogP contribution in [0.25, 0.3) is 0 Å². The predicted molar refractivity (Wildman–Crippen MR) is 88.0 cm³/mol. The van der Waals surface area contributed by atoms with Gasteiger partial charge in [-0.2, -0.15) is 0 Å². The van der Waals surface area contributed by atoms with Gasteiger partial charge in [0.1, 0.15) is 5.75 Å². The Morgan fingerprint density at radius 1 is 1.29 bits per heavy atom. The van der Waals surface area contributed by atoms with Crippen LogP contribution >= 0.6 is 0 Å². The van der Waals surface area contributed by atoms with Gasteiger partial charge in [0.15, 0.2) is 0 Å². The second-order valence-electron chi connectivity index (χ2n) is 7.08. The van der Waals surface area contributed by atoms with E-state index >= 15 is 0 Å². The Hall–Kier alpha value is -1.02. The highest BCUT2D eigenvalue weighted by Gasteiger charge is 2.38. The van der Waals surface area contributed by atoms with Gasteiger partial charge in [-0.25, -0.2) is 0 Å². The van der Waals surface area contributed by atoms with Crippen molar-refractivity contribution >= 4 is 0 Å². The third kappa shape index (κ3) is 3.11. The number of fused-ring (bicyclic) bond motifs is 1. The first-order valence-corrected chi connectivity index (χ1v) is 8.68. The lowest BCUT2D eigenvalue weighted by molar-refractivity contribution is 0.185. The van der Waals surface area contributed by atoms with Crippen molar-refractivity contribution in [2.75, 3.05) is 13.2 Å². The Balaban J connectivity index is 1.77. The average molecular weight is 287 g/mol. The van der Waals surface area contributed by atoms with E-state index < -0.39 is 0 Å². The molecule has 2 aliphatic rings. The van der Waals surface area contributed by atoms with Crippen LogP contribution in [0, 0.1) is 5.41 Å². The van der Waals surface area contributed by atoms with Crippen LogP contribution in [0.1, 0.15) is 63.9 Å². The number of benzene rings is 1. The summed E-state index contributed by atoms with van der Waals surface area (Å²) in [7, 11) is 0. The molecule has 1 heterocycles. The van der Waals surface area contributed by atoms with Gasteiger partial charge in [-0.3, -0.25) is 0 Å². The van der Waals surface area contributed by atoms with Gasteiger partial charge in [-0.1, -0.05) is 44.9 Å². The molecule has 1 aliphatic carbocycles. The molecule has 21 heavy (non-hydrogen) atoms. The molecule has 1 saturated carbocycles. The van der Waals surface area contributed by atoms with E-state index in [1.165, 1.54) is 37.7 Å². The molecule has 2 atom stereocenters. The Morgan fingerprint density at radius 3 is 2.81 bits per heavy atom. The molecule has 0 saturated heterocycles. The van der Waals surface area contributed by atoms with Crippen LogP contribution in [-0.2, 0) is 0 Å². The summed E-state index contributed by atoms with van der Waals surface area (Å²) in [6.45, 7) is 6.68.